The molecule has 1 heterocycles. The normalized spacial score (nSPS) is 19.9. The van der Waals surface area contributed by atoms with Crippen molar-refractivity contribution in [1.82, 2.24) is 15.5 Å². The molecule has 9 heteroatoms. The number of aliphatic hydroxyl groups excluding tert-OH is 1. The van der Waals surface area contributed by atoms with Gasteiger partial charge >= 0.3 is 6.03 Å². The van der Waals surface area contributed by atoms with Crippen molar-refractivity contribution in [3.05, 3.63) is 46.9 Å². The molecule has 186 valence electrons. The van der Waals surface area contributed by atoms with Crippen molar-refractivity contribution in [2.75, 3.05) is 13.2 Å². The second kappa shape index (κ2) is 9.02. The highest BCUT2D eigenvalue weighted by Crippen LogP contribution is 2.41. The van der Waals surface area contributed by atoms with Crippen molar-refractivity contribution in [1.29, 1.82) is 5.41 Å². The predicted molar refractivity (Wildman–Crippen MR) is 128 cm³/mol. The van der Waals surface area contributed by atoms with Crippen LogP contribution in [-0.4, -0.2) is 46.5 Å². The SMILES string of the molecule is CC1(C(=O)NC(=N)C2=C(N)C(C)(C)N(C(=O)NC(c3ccccc3F)C(C)(C)CO)C2)CCC1. The van der Waals surface area contributed by atoms with Gasteiger partial charge in [0, 0.05) is 27.7 Å². The van der Waals surface area contributed by atoms with Crippen molar-refractivity contribution < 1.29 is 19.1 Å². The van der Waals surface area contributed by atoms with Crippen LogP contribution in [0.5, 0.6) is 0 Å². The number of nitrogens with zero attached hydrogens (tertiary/aromatic N) is 1. The van der Waals surface area contributed by atoms with E-state index in [0.717, 1.165) is 19.3 Å². The molecule has 1 aromatic carbocycles. The first-order valence-electron chi connectivity index (χ1n) is 11.6. The van der Waals surface area contributed by atoms with Gasteiger partial charge in [-0.15, -0.1) is 0 Å². The molecule has 1 aliphatic carbocycles. The Hall–Kier alpha value is -2.94. The molecule has 1 unspecified atom stereocenters. The Bertz CT molecular complexity index is 1030. The van der Waals surface area contributed by atoms with Crippen molar-refractivity contribution in [3.63, 3.8) is 0 Å². The van der Waals surface area contributed by atoms with Crippen LogP contribution in [0.2, 0.25) is 0 Å². The van der Waals surface area contributed by atoms with Crippen molar-refractivity contribution >= 4 is 17.8 Å². The summed E-state index contributed by atoms with van der Waals surface area (Å²) < 4.78 is 14.6. The molecule has 3 rings (SSSR count). The molecule has 2 aliphatic rings. The number of carbonyl (C=O) groups excluding carboxylic acids is 2. The van der Waals surface area contributed by atoms with Gasteiger partial charge in [0.2, 0.25) is 5.91 Å². The third kappa shape index (κ3) is 4.53. The van der Waals surface area contributed by atoms with E-state index in [2.05, 4.69) is 10.6 Å². The van der Waals surface area contributed by atoms with Gasteiger partial charge in [-0.3, -0.25) is 10.2 Å². The number of carbonyl (C=O) groups is 2. The maximum atomic E-state index is 14.6. The highest BCUT2D eigenvalue weighted by atomic mass is 19.1. The van der Waals surface area contributed by atoms with E-state index in [9.17, 15) is 19.1 Å². The summed E-state index contributed by atoms with van der Waals surface area (Å²) in [5, 5.41) is 23.9. The van der Waals surface area contributed by atoms with Gasteiger partial charge in [-0.1, -0.05) is 45.4 Å². The van der Waals surface area contributed by atoms with Gasteiger partial charge in [0.15, 0.2) is 0 Å². The molecule has 0 aromatic heterocycles. The van der Waals surface area contributed by atoms with E-state index >= 15 is 0 Å². The third-order valence-electron chi connectivity index (χ3n) is 7.44. The standard InChI is InChI=1S/C25H36FN5O3/c1-23(2,14-32)19(15-9-6-7-10-17(15)26)29-22(34)31-13-16(18(27)24(31,3)4)20(28)30-21(33)25(5)11-8-12-25/h6-7,9-10,19,32H,8,11-14,27H2,1-5H3,(H,29,34)(H2,28,30,33). The minimum atomic E-state index is -0.944. The summed E-state index contributed by atoms with van der Waals surface area (Å²) in [7, 11) is 0. The Morgan fingerprint density at radius 1 is 1.26 bits per heavy atom. The van der Waals surface area contributed by atoms with Crippen molar-refractivity contribution in [2.24, 2.45) is 16.6 Å². The van der Waals surface area contributed by atoms with Gasteiger partial charge < -0.3 is 26.4 Å². The molecule has 0 radical (unpaired) electrons. The largest absolute Gasteiger partial charge is 0.400 e. The summed E-state index contributed by atoms with van der Waals surface area (Å²) in [6.07, 6.45) is 2.54. The summed E-state index contributed by atoms with van der Waals surface area (Å²) in [5.41, 5.74) is 5.04. The summed E-state index contributed by atoms with van der Waals surface area (Å²) in [6.45, 7) is 8.61. The lowest BCUT2D eigenvalue weighted by Crippen LogP contribution is -2.53. The van der Waals surface area contributed by atoms with E-state index in [4.69, 9.17) is 11.1 Å². The lowest BCUT2D eigenvalue weighted by Gasteiger charge is -2.38. The number of rotatable bonds is 6. The molecular formula is C25H36FN5O3. The molecule has 1 atom stereocenters. The van der Waals surface area contributed by atoms with Crippen LogP contribution in [0.3, 0.4) is 0 Å². The monoisotopic (exact) mass is 473 g/mol. The van der Waals surface area contributed by atoms with Crippen molar-refractivity contribution in [2.45, 2.75) is 65.5 Å². The molecule has 0 bridgehead atoms. The lowest BCUT2D eigenvalue weighted by molar-refractivity contribution is -0.132. The van der Waals surface area contributed by atoms with Gasteiger partial charge in [0.1, 0.15) is 11.7 Å². The molecule has 0 spiro atoms. The number of aliphatic hydroxyl groups is 1. The fourth-order valence-electron chi connectivity index (χ4n) is 4.46. The Balaban J connectivity index is 1.81. The fourth-order valence-corrected chi connectivity index (χ4v) is 4.46. The molecule has 1 saturated carbocycles. The average Bonchev–Trinajstić information content (AvgIpc) is 2.99. The van der Waals surface area contributed by atoms with Gasteiger partial charge in [-0.05, 0) is 32.8 Å². The zero-order valence-electron chi connectivity index (χ0n) is 20.6. The van der Waals surface area contributed by atoms with E-state index in [-0.39, 0.29) is 30.5 Å². The van der Waals surface area contributed by atoms with Gasteiger partial charge in [0.25, 0.3) is 0 Å². The third-order valence-corrected chi connectivity index (χ3v) is 7.44. The molecule has 3 amide bonds. The molecule has 1 fully saturated rings. The Morgan fingerprint density at radius 3 is 2.41 bits per heavy atom. The smallest absolute Gasteiger partial charge is 0.318 e. The molecule has 34 heavy (non-hydrogen) atoms. The number of amides is 3. The molecule has 0 saturated heterocycles. The van der Waals surface area contributed by atoms with Crippen LogP contribution in [0.1, 0.15) is 65.5 Å². The minimum absolute atomic E-state index is 0.0179. The molecule has 1 aromatic rings. The molecule has 6 N–H and O–H groups in total. The maximum Gasteiger partial charge on any atom is 0.318 e. The number of urea groups is 1. The first-order chi connectivity index (χ1) is 15.7. The van der Waals surface area contributed by atoms with E-state index in [1.807, 2.05) is 6.92 Å². The number of hydrogen-bond donors (Lipinski definition) is 5. The first-order valence-corrected chi connectivity index (χ1v) is 11.6. The Morgan fingerprint density at radius 2 is 1.88 bits per heavy atom. The lowest BCUT2D eigenvalue weighted by atomic mass is 9.70. The summed E-state index contributed by atoms with van der Waals surface area (Å²) in [4.78, 5) is 27.5. The van der Waals surface area contributed by atoms with E-state index in [1.165, 1.54) is 11.0 Å². The van der Waals surface area contributed by atoms with Crippen LogP contribution in [-0.2, 0) is 4.79 Å². The maximum absolute atomic E-state index is 14.6. The molecular weight excluding hydrogens is 437 g/mol. The van der Waals surface area contributed by atoms with E-state index in [1.54, 1.807) is 45.9 Å². The highest BCUT2D eigenvalue weighted by Gasteiger charge is 2.45. The van der Waals surface area contributed by atoms with Crippen LogP contribution >= 0.6 is 0 Å². The zero-order valence-corrected chi connectivity index (χ0v) is 20.6. The van der Waals surface area contributed by atoms with Crippen LogP contribution in [0.25, 0.3) is 0 Å². The van der Waals surface area contributed by atoms with Crippen LogP contribution in [0.4, 0.5) is 9.18 Å². The van der Waals surface area contributed by atoms with Crippen LogP contribution in [0.15, 0.2) is 35.5 Å². The molecule has 8 nitrogen and oxygen atoms in total. The van der Waals surface area contributed by atoms with Gasteiger partial charge in [0.05, 0.1) is 24.7 Å². The first kappa shape index (κ1) is 25.7. The summed E-state index contributed by atoms with van der Waals surface area (Å²) >= 11 is 0. The van der Waals surface area contributed by atoms with Crippen LogP contribution in [0, 0.1) is 22.1 Å². The summed E-state index contributed by atoms with van der Waals surface area (Å²) in [6, 6.07) is 4.81. The number of nitrogens with two attached hydrogens (primary N) is 1. The fraction of sp³-hybridized carbons (Fsp3) is 0.560. The second-order valence-electron chi connectivity index (χ2n) is 10.8. The molecule has 1 aliphatic heterocycles. The topological polar surface area (TPSA) is 132 Å². The minimum Gasteiger partial charge on any atom is -0.400 e. The predicted octanol–water partition coefficient (Wildman–Crippen LogP) is 3.19. The number of halogens is 1. The number of hydrogen-bond acceptors (Lipinski definition) is 5. The Labute approximate surface area is 200 Å². The highest BCUT2D eigenvalue weighted by molar-refractivity contribution is 6.09. The van der Waals surface area contributed by atoms with E-state index in [0.29, 0.717) is 11.3 Å². The second-order valence-corrected chi connectivity index (χ2v) is 10.8. The van der Waals surface area contributed by atoms with E-state index < -0.39 is 34.3 Å². The van der Waals surface area contributed by atoms with Gasteiger partial charge in [-0.25, -0.2) is 9.18 Å². The number of amidine groups is 1. The zero-order chi connectivity index (χ0) is 25.5. The number of benzene rings is 1. The van der Waals surface area contributed by atoms with Crippen LogP contribution < -0.4 is 16.4 Å². The van der Waals surface area contributed by atoms with Crippen molar-refractivity contribution in [3.8, 4) is 0 Å². The Kier molecular flexibility index (Phi) is 6.81. The average molecular weight is 474 g/mol. The number of nitrogens with one attached hydrogen (secondary N) is 3. The quantitative estimate of drug-likeness (QED) is 0.321. The van der Waals surface area contributed by atoms with Gasteiger partial charge in [-0.2, -0.15) is 0 Å². The summed E-state index contributed by atoms with van der Waals surface area (Å²) in [5.74, 6) is -0.809.